The molecule has 0 atom stereocenters. The molecule has 2 rings (SSSR count). The number of hydrogen-bond acceptors (Lipinski definition) is 2. The van der Waals surface area contributed by atoms with Gasteiger partial charge in [0.05, 0.1) is 6.54 Å². The normalized spacial score (nSPS) is 11.3. The molecule has 1 aromatic heterocycles. The molecule has 0 fully saturated rings. The average Bonchev–Trinajstić information content (AvgIpc) is 2.87. The molecule has 1 heterocycles. The van der Waals surface area contributed by atoms with Crippen LogP contribution < -0.4 is 10.6 Å². The van der Waals surface area contributed by atoms with Gasteiger partial charge < -0.3 is 10.6 Å². The minimum absolute atomic E-state index is 0.150. The van der Waals surface area contributed by atoms with Gasteiger partial charge in [-0.05, 0) is 30.7 Å². The number of hydrogen-bond donors (Lipinski definition) is 2. The third kappa shape index (κ3) is 4.51. The fourth-order valence-corrected chi connectivity index (χ4v) is 1.82. The van der Waals surface area contributed by atoms with E-state index >= 15 is 0 Å². The maximum absolute atomic E-state index is 12.4. The zero-order valence-electron chi connectivity index (χ0n) is 11.8. The highest BCUT2D eigenvalue weighted by atomic mass is 19.4. The summed E-state index contributed by atoms with van der Waals surface area (Å²) in [4.78, 5) is 11.6. The Kier molecular flexibility index (Phi) is 4.69. The first kappa shape index (κ1) is 15.9. The van der Waals surface area contributed by atoms with Gasteiger partial charge in [-0.1, -0.05) is 12.1 Å². The molecule has 2 amide bonds. The van der Waals surface area contributed by atoms with E-state index in [9.17, 15) is 18.0 Å². The van der Waals surface area contributed by atoms with E-state index in [0.29, 0.717) is 5.69 Å². The number of carbonyl (C=O) groups is 1. The van der Waals surface area contributed by atoms with Crippen LogP contribution in [0, 0.1) is 6.92 Å². The summed E-state index contributed by atoms with van der Waals surface area (Å²) in [6.45, 7) is 2.22. The molecule has 0 spiro atoms. The summed E-state index contributed by atoms with van der Waals surface area (Å²) in [5, 5.41) is 8.59. The highest BCUT2D eigenvalue weighted by Gasteiger charge is 2.33. The molecular weight excluding hydrogens is 297 g/mol. The largest absolute Gasteiger partial charge is 0.435 e. The number of alkyl halides is 3. The van der Waals surface area contributed by atoms with Crippen LogP contribution in [0.1, 0.15) is 11.3 Å². The minimum atomic E-state index is -4.46. The smallest absolute Gasteiger partial charge is 0.336 e. The van der Waals surface area contributed by atoms with Gasteiger partial charge in [-0.3, -0.25) is 4.68 Å². The number of nitrogens with one attached hydrogen (secondary N) is 2. The number of carbonyl (C=O) groups excluding carboxylic acids is 1. The van der Waals surface area contributed by atoms with Crippen LogP contribution in [0.5, 0.6) is 0 Å². The van der Waals surface area contributed by atoms with Crippen LogP contribution in [0.15, 0.2) is 36.5 Å². The second-order valence-electron chi connectivity index (χ2n) is 4.71. The summed E-state index contributed by atoms with van der Waals surface area (Å²) in [7, 11) is 0. The first-order valence-corrected chi connectivity index (χ1v) is 6.57. The number of anilines is 1. The van der Waals surface area contributed by atoms with Crippen LogP contribution in [0.25, 0.3) is 0 Å². The Hall–Kier alpha value is -2.51. The summed E-state index contributed by atoms with van der Waals surface area (Å²) in [6.07, 6.45) is -3.23. The van der Waals surface area contributed by atoms with Gasteiger partial charge in [-0.15, -0.1) is 0 Å². The molecular formula is C14H15F3N4O. The van der Waals surface area contributed by atoms with E-state index in [2.05, 4.69) is 15.7 Å². The van der Waals surface area contributed by atoms with Crippen LogP contribution in [0.2, 0.25) is 0 Å². The highest BCUT2D eigenvalue weighted by Crippen LogP contribution is 2.27. The lowest BCUT2D eigenvalue weighted by molar-refractivity contribution is -0.141. The Balaban J connectivity index is 1.79. The van der Waals surface area contributed by atoms with Crippen molar-refractivity contribution >= 4 is 11.7 Å². The van der Waals surface area contributed by atoms with Crippen LogP contribution in [0.3, 0.4) is 0 Å². The Morgan fingerprint density at radius 3 is 2.73 bits per heavy atom. The molecule has 0 radical (unpaired) electrons. The number of aryl methyl sites for hydroxylation is 1. The number of rotatable bonds is 4. The minimum Gasteiger partial charge on any atom is -0.336 e. The molecule has 0 saturated heterocycles. The zero-order chi connectivity index (χ0) is 16.2. The Morgan fingerprint density at radius 2 is 2.09 bits per heavy atom. The second-order valence-corrected chi connectivity index (χ2v) is 4.71. The van der Waals surface area contributed by atoms with Crippen molar-refractivity contribution in [2.75, 3.05) is 11.9 Å². The van der Waals surface area contributed by atoms with Crippen molar-refractivity contribution in [3.8, 4) is 0 Å². The third-order valence-electron chi connectivity index (χ3n) is 2.83. The van der Waals surface area contributed by atoms with E-state index in [1.54, 1.807) is 6.07 Å². The van der Waals surface area contributed by atoms with E-state index in [1.807, 2.05) is 25.1 Å². The van der Waals surface area contributed by atoms with E-state index in [-0.39, 0.29) is 13.1 Å². The molecule has 0 unspecified atom stereocenters. The molecule has 0 aliphatic rings. The predicted molar refractivity (Wildman–Crippen MR) is 75.4 cm³/mol. The number of amides is 2. The van der Waals surface area contributed by atoms with E-state index in [4.69, 9.17) is 0 Å². The molecule has 118 valence electrons. The van der Waals surface area contributed by atoms with Gasteiger partial charge in [0, 0.05) is 18.4 Å². The molecule has 0 bridgehead atoms. The van der Waals surface area contributed by atoms with Crippen LogP contribution in [-0.2, 0) is 12.7 Å². The third-order valence-corrected chi connectivity index (χ3v) is 2.83. The summed E-state index contributed by atoms with van der Waals surface area (Å²) < 4.78 is 38.2. The summed E-state index contributed by atoms with van der Waals surface area (Å²) in [6, 6.07) is 7.74. The average molecular weight is 312 g/mol. The first-order chi connectivity index (χ1) is 10.3. The summed E-state index contributed by atoms with van der Waals surface area (Å²) >= 11 is 0. The Morgan fingerprint density at radius 1 is 1.32 bits per heavy atom. The monoisotopic (exact) mass is 312 g/mol. The van der Waals surface area contributed by atoms with Crippen molar-refractivity contribution in [1.29, 1.82) is 0 Å². The van der Waals surface area contributed by atoms with Crippen molar-refractivity contribution < 1.29 is 18.0 Å². The molecule has 0 saturated carbocycles. The van der Waals surface area contributed by atoms with Crippen molar-refractivity contribution in [1.82, 2.24) is 15.1 Å². The molecule has 0 aliphatic carbocycles. The standard InChI is InChI=1S/C14H15F3N4O/c1-10-3-2-4-11(9-10)19-13(22)18-6-8-21-7-5-12(20-21)14(15,16)17/h2-5,7,9H,6,8H2,1H3,(H2,18,19,22). The molecule has 2 aromatic rings. The summed E-state index contributed by atoms with van der Waals surface area (Å²) in [5.41, 5.74) is 0.710. The Labute approximate surface area is 125 Å². The molecule has 5 nitrogen and oxygen atoms in total. The number of halogens is 3. The lowest BCUT2D eigenvalue weighted by Gasteiger charge is -2.08. The van der Waals surface area contributed by atoms with Gasteiger partial charge in [0.2, 0.25) is 0 Å². The quantitative estimate of drug-likeness (QED) is 0.911. The van der Waals surface area contributed by atoms with Crippen molar-refractivity contribution in [3.63, 3.8) is 0 Å². The SMILES string of the molecule is Cc1cccc(NC(=O)NCCn2ccc(C(F)(F)F)n2)c1. The van der Waals surface area contributed by atoms with Crippen LogP contribution in [0.4, 0.5) is 23.7 Å². The lowest BCUT2D eigenvalue weighted by Crippen LogP contribution is -2.31. The highest BCUT2D eigenvalue weighted by molar-refractivity contribution is 5.89. The Bertz CT molecular complexity index is 652. The predicted octanol–water partition coefficient (Wildman–Crippen LogP) is 3.03. The summed E-state index contributed by atoms with van der Waals surface area (Å²) in [5.74, 6) is 0. The fraction of sp³-hybridized carbons (Fsp3) is 0.286. The molecule has 8 heteroatoms. The number of benzene rings is 1. The van der Waals surface area contributed by atoms with E-state index < -0.39 is 17.9 Å². The molecule has 1 aromatic carbocycles. The van der Waals surface area contributed by atoms with E-state index in [0.717, 1.165) is 16.3 Å². The van der Waals surface area contributed by atoms with Crippen molar-refractivity contribution in [2.24, 2.45) is 0 Å². The van der Waals surface area contributed by atoms with Gasteiger partial charge in [0.1, 0.15) is 0 Å². The van der Waals surface area contributed by atoms with Gasteiger partial charge in [-0.2, -0.15) is 18.3 Å². The van der Waals surface area contributed by atoms with Gasteiger partial charge in [0.25, 0.3) is 0 Å². The van der Waals surface area contributed by atoms with Gasteiger partial charge in [0.15, 0.2) is 5.69 Å². The molecule has 2 N–H and O–H groups in total. The van der Waals surface area contributed by atoms with Gasteiger partial charge in [-0.25, -0.2) is 4.79 Å². The van der Waals surface area contributed by atoms with Crippen LogP contribution >= 0.6 is 0 Å². The lowest BCUT2D eigenvalue weighted by atomic mass is 10.2. The zero-order valence-corrected chi connectivity index (χ0v) is 11.8. The van der Waals surface area contributed by atoms with Crippen LogP contribution in [-0.4, -0.2) is 22.4 Å². The van der Waals surface area contributed by atoms with Crippen molar-refractivity contribution in [3.05, 3.63) is 47.8 Å². The van der Waals surface area contributed by atoms with Gasteiger partial charge >= 0.3 is 12.2 Å². The maximum atomic E-state index is 12.4. The van der Waals surface area contributed by atoms with E-state index in [1.165, 1.54) is 6.20 Å². The second kappa shape index (κ2) is 6.50. The fourth-order valence-electron chi connectivity index (χ4n) is 1.82. The maximum Gasteiger partial charge on any atom is 0.435 e. The number of nitrogens with zero attached hydrogens (tertiary/aromatic N) is 2. The topological polar surface area (TPSA) is 59.0 Å². The van der Waals surface area contributed by atoms with Crippen molar-refractivity contribution in [2.45, 2.75) is 19.6 Å². The number of urea groups is 1. The number of aromatic nitrogens is 2. The first-order valence-electron chi connectivity index (χ1n) is 6.57. The molecule has 0 aliphatic heterocycles. The molecule has 22 heavy (non-hydrogen) atoms.